The first-order valence-electron chi connectivity index (χ1n) is 8.62. The Hall–Kier alpha value is -3.04. The SMILES string of the molecule is Cc1cn([C@H]2CC(n3cc(-c4ccccc4)nn3)[C@@H](CO)O2)c(=O)[nH]c1=O. The van der Waals surface area contributed by atoms with E-state index in [9.17, 15) is 14.7 Å². The van der Waals surface area contributed by atoms with E-state index in [4.69, 9.17) is 4.74 Å². The predicted molar refractivity (Wildman–Crippen MR) is 96.2 cm³/mol. The molecule has 2 aromatic heterocycles. The summed E-state index contributed by atoms with van der Waals surface area (Å²) in [4.78, 5) is 26.0. The molecular formula is C18H19N5O4. The van der Waals surface area contributed by atoms with Crippen LogP contribution in [0, 0.1) is 6.92 Å². The molecular weight excluding hydrogens is 350 g/mol. The number of aromatic amines is 1. The van der Waals surface area contributed by atoms with Gasteiger partial charge in [0.25, 0.3) is 5.56 Å². The molecule has 1 fully saturated rings. The number of H-pyrrole nitrogens is 1. The maximum absolute atomic E-state index is 12.1. The molecule has 9 nitrogen and oxygen atoms in total. The molecule has 2 N–H and O–H groups in total. The molecule has 0 saturated carbocycles. The second kappa shape index (κ2) is 6.93. The summed E-state index contributed by atoms with van der Waals surface area (Å²) in [6.45, 7) is 1.40. The highest BCUT2D eigenvalue weighted by Gasteiger charge is 2.38. The molecule has 0 bridgehead atoms. The van der Waals surface area contributed by atoms with Crippen LogP contribution in [0.15, 0.2) is 52.3 Å². The van der Waals surface area contributed by atoms with Crippen molar-refractivity contribution in [2.45, 2.75) is 31.7 Å². The van der Waals surface area contributed by atoms with Crippen molar-refractivity contribution in [1.82, 2.24) is 24.5 Å². The topological polar surface area (TPSA) is 115 Å². The molecule has 9 heteroatoms. The highest BCUT2D eigenvalue weighted by Crippen LogP contribution is 2.36. The van der Waals surface area contributed by atoms with Gasteiger partial charge in [0.05, 0.1) is 18.8 Å². The van der Waals surface area contributed by atoms with Gasteiger partial charge in [0.2, 0.25) is 0 Å². The molecule has 3 atom stereocenters. The minimum Gasteiger partial charge on any atom is -0.394 e. The van der Waals surface area contributed by atoms with E-state index >= 15 is 0 Å². The molecule has 27 heavy (non-hydrogen) atoms. The smallest absolute Gasteiger partial charge is 0.330 e. The van der Waals surface area contributed by atoms with E-state index < -0.39 is 23.6 Å². The fourth-order valence-electron chi connectivity index (χ4n) is 3.31. The summed E-state index contributed by atoms with van der Waals surface area (Å²) in [5.41, 5.74) is 1.10. The van der Waals surface area contributed by atoms with Gasteiger partial charge in [-0.2, -0.15) is 0 Å². The third-order valence-corrected chi connectivity index (χ3v) is 4.76. The monoisotopic (exact) mass is 369 g/mol. The summed E-state index contributed by atoms with van der Waals surface area (Å²) in [6.07, 6.45) is 2.53. The quantitative estimate of drug-likeness (QED) is 0.697. The Labute approximate surface area is 153 Å². The molecule has 0 aliphatic carbocycles. The van der Waals surface area contributed by atoms with Gasteiger partial charge in [-0.05, 0) is 6.92 Å². The van der Waals surface area contributed by atoms with Gasteiger partial charge >= 0.3 is 5.69 Å². The maximum atomic E-state index is 12.1. The minimum atomic E-state index is -0.612. The Bertz CT molecular complexity index is 1060. The molecule has 3 aromatic rings. The summed E-state index contributed by atoms with van der Waals surface area (Å²) in [7, 11) is 0. The van der Waals surface area contributed by atoms with Crippen LogP contribution in [-0.4, -0.2) is 42.4 Å². The van der Waals surface area contributed by atoms with Crippen molar-refractivity contribution in [3.8, 4) is 11.3 Å². The number of hydrogen-bond acceptors (Lipinski definition) is 6. The van der Waals surface area contributed by atoms with Gasteiger partial charge in [0.15, 0.2) is 0 Å². The molecule has 1 saturated heterocycles. The van der Waals surface area contributed by atoms with Crippen molar-refractivity contribution in [3.05, 3.63) is 69.1 Å². The van der Waals surface area contributed by atoms with Crippen LogP contribution in [0.5, 0.6) is 0 Å². The first-order chi connectivity index (χ1) is 13.1. The largest absolute Gasteiger partial charge is 0.394 e. The second-order valence-electron chi connectivity index (χ2n) is 6.54. The zero-order valence-electron chi connectivity index (χ0n) is 14.6. The van der Waals surface area contributed by atoms with Gasteiger partial charge in [0, 0.05) is 23.7 Å². The lowest BCUT2D eigenvalue weighted by Crippen LogP contribution is -2.33. The lowest BCUT2D eigenvalue weighted by molar-refractivity contribution is -0.0323. The predicted octanol–water partition coefficient (Wildman–Crippen LogP) is 0.625. The molecule has 4 rings (SSSR count). The highest BCUT2D eigenvalue weighted by atomic mass is 16.5. The van der Waals surface area contributed by atoms with Crippen molar-refractivity contribution < 1.29 is 9.84 Å². The zero-order chi connectivity index (χ0) is 19.0. The molecule has 1 unspecified atom stereocenters. The van der Waals surface area contributed by atoms with Crippen LogP contribution >= 0.6 is 0 Å². The van der Waals surface area contributed by atoms with E-state index in [0.29, 0.717) is 17.7 Å². The van der Waals surface area contributed by atoms with Crippen molar-refractivity contribution in [1.29, 1.82) is 0 Å². The van der Waals surface area contributed by atoms with Gasteiger partial charge in [-0.1, -0.05) is 35.5 Å². The van der Waals surface area contributed by atoms with Gasteiger partial charge in [0.1, 0.15) is 18.0 Å². The van der Waals surface area contributed by atoms with E-state index in [2.05, 4.69) is 15.3 Å². The van der Waals surface area contributed by atoms with Gasteiger partial charge in [-0.25, -0.2) is 9.48 Å². The number of rotatable bonds is 4. The summed E-state index contributed by atoms with van der Waals surface area (Å²) in [5, 5.41) is 18.1. The van der Waals surface area contributed by atoms with E-state index in [0.717, 1.165) is 5.56 Å². The van der Waals surface area contributed by atoms with E-state index in [1.165, 1.54) is 10.8 Å². The molecule has 1 aromatic carbocycles. The molecule has 1 aliphatic rings. The zero-order valence-corrected chi connectivity index (χ0v) is 14.6. The Morgan fingerprint density at radius 2 is 2.04 bits per heavy atom. The Kier molecular flexibility index (Phi) is 4.46. The molecule has 3 heterocycles. The number of hydrogen-bond donors (Lipinski definition) is 2. The maximum Gasteiger partial charge on any atom is 0.330 e. The normalized spacial score (nSPS) is 22.2. The third-order valence-electron chi connectivity index (χ3n) is 4.76. The van der Waals surface area contributed by atoms with Crippen molar-refractivity contribution in [2.24, 2.45) is 0 Å². The fraction of sp³-hybridized carbons (Fsp3) is 0.333. The van der Waals surface area contributed by atoms with Crippen LogP contribution in [0.25, 0.3) is 11.3 Å². The number of nitrogens with zero attached hydrogens (tertiary/aromatic N) is 4. The molecule has 0 amide bonds. The number of aryl methyl sites for hydroxylation is 1. The van der Waals surface area contributed by atoms with Gasteiger partial charge in [-0.15, -0.1) is 5.10 Å². The van der Waals surface area contributed by atoms with Crippen LogP contribution in [0.3, 0.4) is 0 Å². The van der Waals surface area contributed by atoms with Crippen molar-refractivity contribution in [3.63, 3.8) is 0 Å². The molecule has 0 radical (unpaired) electrons. The molecule has 140 valence electrons. The van der Waals surface area contributed by atoms with Crippen LogP contribution < -0.4 is 11.2 Å². The number of aliphatic hydroxyl groups excluding tert-OH is 1. The molecule has 1 aliphatic heterocycles. The first kappa shape index (κ1) is 17.4. The number of aromatic nitrogens is 5. The summed E-state index contributed by atoms with van der Waals surface area (Å²) < 4.78 is 8.86. The summed E-state index contributed by atoms with van der Waals surface area (Å²) in [6, 6.07) is 9.36. The Balaban J connectivity index is 1.63. The Morgan fingerprint density at radius 1 is 1.26 bits per heavy atom. The van der Waals surface area contributed by atoms with Crippen molar-refractivity contribution in [2.75, 3.05) is 6.61 Å². The van der Waals surface area contributed by atoms with E-state index in [1.54, 1.807) is 17.8 Å². The average molecular weight is 369 g/mol. The van der Waals surface area contributed by atoms with Crippen LogP contribution in [-0.2, 0) is 4.74 Å². The summed E-state index contributed by atoms with van der Waals surface area (Å²) >= 11 is 0. The highest BCUT2D eigenvalue weighted by molar-refractivity contribution is 5.57. The van der Waals surface area contributed by atoms with Crippen LogP contribution in [0.4, 0.5) is 0 Å². The summed E-state index contributed by atoms with van der Waals surface area (Å²) in [5.74, 6) is 0. The average Bonchev–Trinajstić information content (AvgIpc) is 3.32. The van der Waals surface area contributed by atoms with E-state index in [1.807, 2.05) is 30.3 Å². The number of aliphatic hydroxyl groups is 1. The Morgan fingerprint density at radius 3 is 2.78 bits per heavy atom. The van der Waals surface area contributed by atoms with Gasteiger partial charge in [-0.3, -0.25) is 14.3 Å². The lowest BCUT2D eigenvalue weighted by atomic mass is 10.1. The first-order valence-corrected chi connectivity index (χ1v) is 8.62. The number of ether oxygens (including phenoxy) is 1. The van der Waals surface area contributed by atoms with E-state index in [-0.39, 0.29) is 12.6 Å². The molecule has 0 spiro atoms. The lowest BCUT2D eigenvalue weighted by Gasteiger charge is -2.15. The van der Waals surface area contributed by atoms with Gasteiger partial charge < -0.3 is 9.84 Å². The second-order valence-corrected chi connectivity index (χ2v) is 6.54. The third kappa shape index (κ3) is 3.22. The standard InChI is InChI=1S/C18H19N5O4/c1-11-8-22(18(26)19-17(11)25)16-7-14(15(10-24)27-16)23-9-13(20-21-23)12-5-3-2-4-6-12/h2-6,8-9,14-16,24H,7,10H2,1H3,(H,19,25,26)/t14?,15-,16-/m1/s1. The van der Waals surface area contributed by atoms with Crippen LogP contribution in [0.1, 0.15) is 24.3 Å². The number of nitrogens with one attached hydrogen (secondary N) is 1. The minimum absolute atomic E-state index is 0.223. The van der Waals surface area contributed by atoms with Crippen LogP contribution in [0.2, 0.25) is 0 Å². The van der Waals surface area contributed by atoms with Crippen molar-refractivity contribution >= 4 is 0 Å². The fourth-order valence-corrected chi connectivity index (χ4v) is 3.31. The number of benzene rings is 1.